The van der Waals surface area contributed by atoms with Crippen molar-refractivity contribution in [3.63, 3.8) is 0 Å². The molecule has 0 atom stereocenters. The highest BCUT2D eigenvalue weighted by molar-refractivity contribution is 5.79. The molecule has 1 amide bonds. The lowest BCUT2D eigenvalue weighted by atomic mass is 10.1. The van der Waals surface area contributed by atoms with Crippen molar-refractivity contribution in [1.82, 2.24) is 9.88 Å². The van der Waals surface area contributed by atoms with Crippen LogP contribution in [-0.2, 0) is 43.6 Å². The van der Waals surface area contributed by atoms with Crippen molar-refractivity contribution < 1.29 is 14.3 Å². The molecule has 0 spiro atoms. The Morgan fingerprint density at radius 1 is 1.00 bits per heavy atom. The summed E-state index contributed by atoms with van der Waals surface area (Å²) in [5, 5.41) is 9.12. The normalized spacial score (nSPS) is 13.4. The van der Waals surface area contributed by atoms with Crippen LogP contribution in [-0.4, -0.2) is 27.4 Å². The molecule has 0 bridgehead atoms. The first-order valence-electron chi connectivity index (χ1n) is 9.69. The molecule has 0 radical (unpaired) electrons. The number of hydrogen-bond donors (Lipinski definition) is 1. The first-order valence-corrected chi connectivity index (χ1v) is 9.69. The van der Waals surface area contributed by atoms with Crippen LogP contribution in [0.25, 0.3) is 0 Å². The maximum absolute atomic E-state index is 12.7. The molecule has 28 heavy (non-hydrogen) atoms. The van der Waals surface area contributed by atoms with Crippen LogP contribution in [0.3, 0.4) is 0 Å². The van der Waals surface area contributed by atoms with E-state index in [0.29, 0.717) is 25.9 Å². The van der Waals surface area contributed by atoms with Crippen molar-refractivity contribution in [3.05, 3.63) is 88.6 Å². The number of carbonyl (C=O) groups is 1. The highest BCUT2D eigenvalue weighted by Gasteiger charge is 2.25. The lowest BCUT2D eigenvalue weighted by molar-refractivity contribution is -0.131. The number of rotatable bonds is 6. The van der Waals surface area contributed by atoms with Gasteiger partial charge in [-0.1, -0.05) is 54.6 Å². The van der Waals surface area contributed by atoms with E-state index in [9.17, 15) is 4.79 Å². The SMILES string of the molecule is O=C(Cc1ccc(CO)cc1)N1CCc2oc(CCc3ccccc3)nc2C1. The summed E-state index contributed by atoms with van der Waals surface area (Å²) in [6.45, 7) is 1.19. The van der Waals surface area contributed by atoms with Crippen LogP contribution in [0.4, 0.5) is 0 Å². The van der Waals surface area contributed by atoms with Crippen molar-refractivity contribution in [2.75, 3.05) is 6.54 Å². The Balaban J connectivity index is 1.36. The quantitative estimate of drug-likeness (QED) is 0.718. The number of amides is 1. The molecule has 1 N–H and O–H groups in total. The zero-order chi connectivity index (χ0) is 19.3. The zero-order valence-electron chi connectivity index (χ0n) is 15.8. The Morgan fingerprint density at radius 3 is 2.50 bits per heavy atom. The minimum atomic E-state index is 0.0158. The van der Waals surface area contributed by atoms with E-state index in [4.69, 9.17) is 9.52 Å². The van der Waals surface area contributed by atoms with Gasteiger partial charge in [0.15, 0.2) is 5.89 Å². The van der Waals surface area contributed by atoms with Crippen molar-refractivity contribution in [2.24, 2.45) is 0 Å². The number of hydrogen-bond acceptors (Lipinski definition) is 4. The fraction of sp³-hybridized carbons (Fsp3) is 0.304. The minimum absolute atomic E-state index is 0.0158. The number of aromatic nitrogens is 1. The summed E-state index contributed by atoms with van der Waals surface area (Å²) in [7, 11) is 0. The van der Waals surface area contributed by atoms with Crippen LogP contribution >= 0.6 is 0 Å². The number of oxazole rings is 1. The Kier molecular flexibility index (Phi) is 5.53. The maximum Gasteiger partial charge on any atom is 0.227 e. The van der Waals surface area contributed by atoms with Crippen molar-refractivity contribution >= 4 is 5.91 Å². The molecular formula is C23H24N2O3. The van der Waals surface area contributed by atoms with Gasteiger partial charge < -0.3 is 14.4 Å². The highest BCUT2D eigenvalue weighted by atomic mass is 16.4. The average molecular weight is 376 g/mol. The summed E-state index contributed by atoms with van der Waals surface area (Å²) in [5.74, 6) is 1.76. The van der Waals surface area contributed by atoms with Crippen LogP contribution in [0.1, 0.15) is 34.0 Å². The molecule has 2 heterocycles. The third-order valence-corrected chi connectivity index (χ3v) is 5.16. The van der Waals surface area contributed by atoms with Gasteiger partial charge in [0.2, 0.25) is 5.91 Å². The van der Waals surface area contributed by atoms with Gasteiger partial charge in [-0.3, -0.25) is 4.79 Å². The predicted octanol–water partition coefficient (Wildman–Crippen LogP) is 3.08. The summed E-state index contributed by atoms with van der Waals surface area (Å²) in [4.78, 5) is 19.2. The standard InChI is InChI=1S/C23H24N2O3/c26-16-19-8-6-18(7-9-19)14-23(27)25-13-12-21-20(15-25)24-22(28-21)11-10-17-4-2-1-3-5-17/h1-9,26H,10-16H2. The topological polar surface area (TPSA) is 66.6 Å². The fourth-order valence-corrected chi connectivity index (χ4v) is 3.52. The molecule has 0 saturated heterocycles. The second-order valence-electron chi connectivity index (χ2n) is 7.18. The lowest BCUT2D eigenvalue weighted by Gasteiger charge is -2.25. The van der Waals surface area contributed by atoms with E-state index in [1.807, 2.05) is 47.4 Å². The Labute approximate surface area is 164 Å². The fourth-order valence-electron chi connectivity index (χ4n) is 3.52. The van der Waals surface area contributed by atoms with Crippen molar-refractivity contribution in [1.29, 1.82) is 0 Å². The lowest BCUT2D eigenvalue weighted by Crippen LogP contribution is -2.36. The number of aryl methyl sites for hydroxylation is 2. The largest absolute Gasteiger partial charge is 0.445 e. The van der Waals surface area contributed by atoms with Gasteiger partial charge in [-0.25, -0.2) is 4.98 Å². The van der Waals surface area contributed by atoms with Gasteiger partial charge in [0.25, 0.3) is 0 Å². The molecule has 2 aromatic carbocycles. The van der Waals surface area contributed by atoms with Gasteiger partial charge in [-0.2, -0.15) is 0 Å². The molecule has 4 rings (SSSR count). The second kappa shape index (κ2) is 8.40. The number of fused-ring (bicyclic) bond motifs is 1. The maximum atomic E-state index is 12.7. The van der Waals surface area contributed by atoms with Crippen LogP contribution in [0.5, 0.6) is 0 Å². The molecule has 1 aliphatic heterocycles. The van der Waals surface area contributed by atoms with E-state index < -0.39 is 0 Å². The van der Waals surface area contributed by atoms with Gasteiger partial charge in [0, 0.05) is 19.4 Å². The predicted molar refractivity (Wildman–Crippen MR) is 106 cm³/mol. The summed E-state index contributed by atoms with van der Waals surface area (Å²) >= 11 is 0. The van der Waals surface area contributed by atoms with Gasteiger partial charge in [-0.15, -0.1) is 0 Å². The van der Waals surface area contributed by atoms with Crippen LogP contribution in [0.2, 0.25) is 0 Å². The molecule has 1 aromatic heterocycles. The van der Waals surface area contributed by atoms with Crippen LogP contribution < -0.4 is 0 Å². The van der Waals surface area contributed by atoms with Crippen molar-refractivity contribution in [2.45, 2.75) is 38.8 Å². The Morgan fingerprint density at radius 2 is 1.75 bits per heavy atom. The molecule has 144 valence electrons. The van der Waals surface area contributed by atoms with E-state index >= 15 is 0 Å². The third kappa shape index (κ3) is 4.31. The van der Waals surface area contributed by atoms with E-state index in [2.05, 4.69) is 17.1 Å². The second-order valence-corrected chi connectivity index (χ2v) is 7.18. The molecular weight excluding hydrogens is 352 g/mol. The number of carbonyl (C=O) groups excluding carboxylic acids is 1. The van der Waals surface area contributed by atoms with E-state index in [-0.39, 0.29) is 12.5 Å². The minimum Gasteiger partial charge on any atom is -0.445 e. The number of aliphatic hydroxyl groups is 1. The number of benzene rings is 2. The molecule has 5 nitrogen and oxygen atoms in total. The third-order valence-electron chi connectivity index (χ3n) is 5.16. The summed E-state index contributed by atoms with van der Waals surface area (Å²) < 4.78 is 5.93. The summed E-state index contributed by atoms with van der Waals surface area (Å²) in [6, 6.07) is 17.8. The van der Waals surface area contributed by atoms with Crippen LogP contribution in [0.15, 0.2) is 59.0 Å². The van der Waals surface area contributed by atoms with Gasteiger partial charge in [0.05, 0.1) is 19.6 Å². The highest BCUT2D eigenvalue weighted by Crippen LogP contribution is 2.21. The molecule has 3 aromatic rings. The Hall–Kier alpha value is -2.92. The van der Waals surface area contributed by atoms with Gasteiger partial charge >= 0.3 is 0 Å². The molecule has 0 aliphatic carbocycles. The van der Waals surface area contributed by atoms with Gasteiger partial charge in [0.1, 0.15) is 11.5 Å². The van der Waals surface area contributed by atoms with Gasteiger partial charge in [-0.05, 0) is 23.1 Å². The molecule has 1 aliphatic rings. The first kappa shape index (κ1) is 18.4. The zero-order valence-corrected chi connectivity index (χ0v) is 15.8. The van der Waals surface area contributed by atoms with E-state index in [1.165, 1.54) is 5.56 Å². The van der Waals surface area contributed by atoms with E-state index in [1.54, 1.807) is 0 Å². The number of nitrogens with zero attached hydrogens (tertiary/aromatic N) is 2. The monoisotopic (exact) mass is 376 g/mol. The first-order chi connectivity index (χ1) is 13.7. The molecule has 0 saturated carbocycles. The van der Waals surface area contributed by atoms with E-state index in [0.717, 1.165) is 41.3 Å². The Bertz CT molecular complexity index is 932. The molecule has 0 fully saturated rings. The van der Waals surface area contributed by atoms with Crippen LogP contribution in [0, 0.1) is 0 Å². The summed E-state index contributed by atoms with van der Waals surface area (Å²) in [6.07, 6.45) is 2.73. The molecule has 0 unspecified atom stereocenters. The van der Waals surface area contributed by atoms with Crippen molar-refractivity contribution in [3.8, 4) is 0 Å². The summed E-state index contributed by atoms with van der Waals surface area (Å²) in [5.41, 5.74) is 3.96. The molecule has 5 heteroatoms. The number of aliphatic hydroxyl groups excluding tert-OH is 1. The average Bonchev–Trinajstić information content (AvgIpc) is 3.15. The smallest absolute Gasteiger partial charge is 0.227 e.